The summed E-state index contributed by atoms with van der Waals surface area (Å²) >= 11 is 0. The van der Waals surface area contributed by atoms with Crippen molar-refractivity contribution in [2.75, 3.05) is 0 Å². The van der Waals surface area contributed by atoms with Crippen LogP contribution in [0.3, 0.4) is 0 Å². The highest BCUT2D eigenvalue weighted by atomic mass is 16.2. The van der Waals surface area contributed by atoms with Gasteiger partial charge >= 0.3 is 0 Å². The summed E-state index contributed by atoms with van der Waals surface area (Å²) in [7, 11) is 0. The molecule has 1 atom stereocenters. The number of hydrogen-bond donors (Lipinski definition) is 1. The van der Waals surface area contributed by atoms with Gasteiger partial charge in [-0.2, -0.15) is 0 Å². The SMILES string of the molecule is C[C@H](C(=O)NC1CCC1)C(C)(C)C. The lowest BCUT2D eigenvalue weighted by molar-refractivity contribution is -0.128. The smallest absolute Gasteiger partial charge is 0.223 e. The van der Waals surface area contributed by atoms with E-state index in [9.17, 15) is 4.79 Å². The fourth-order valence-corrected chi connectivity index (χ4v) is 1.27. The van der Waals surface area contributed by atoms with Gasteiger partial charge in [0.05, 0.1) is 0 Å². The minimum absolute atomic E-state index is 0.0772. The molecule has 1 aliphatic carbocycles. The molecular formula is C11H21NO. The molecule has 0 spiro atoms. The lowest BCUT2D eigenvalue weighted by Gasteiger charge is -2.31. The quantitative estimate of drug-likeness (QED) is 0.699. The Morgan fingerprint density at radius 1 is 1.38 bits per heavy atom. The molecule has 0 saturated heterocycles. The van der Waals surface area contributed by atoms with E-state index in [1.807, 2.05) is 6.92 Å². The zero-order chi connectivity index (χ0) is 10.1. The summed E-state index contributed by atoms with van der Waals surface area (Å²) in [6.07, 6.45) is 3.61. The fraction of sp³-hybridized carbons (Fsp3) is 0.909. The van der Waals surface area contributed by atoms with Crippen molar-refractivity contribution in [1.82, 2.24) is 5.32 Å². The molecule has 1 aliphatic rings. The van der Waals surface area contributed by atoms with Crippen LogP contribution in [0.1, 0.15) is 47.0 Å². The van der Waals surface area contributed by atoms with E-state index in [1.165, 1.54) is 19.3 Å². The standard InChI is InChI=1S/C11H21NO/c1-8(11(2,3)4)10(13)12-9-6-5-7-9/h8-9H,5-7H2,1-4H3,(H,12,13)/t8-/m1/s1. The fourth-order valence-electron chi connectivity index (χ4n) is 1.27. The predicted octanol–water partition coefficient (Wildman–Crippen LogP) is 2.34. The summed E-state index contributed by atoms with van der Waals surface area (Å²) in [6, 6.07) is 0.470. The number of carbonyl (C=O) groups is 1. The summed E-state index contributed by atoms with van der Waals surface area (Å²) < 4.78 is 0. The van der Waals surface area contributed by atoms with Crippen LogP contribution in [-0.4, -0.2) is 11.9 Å². The number of nitrogens with one attached hydrogen (secondary N) is 1. The van der Waals surface area contributed by atoms with E-state index >= 15 is 0 Å². The Morgan fingerprint density at radius 3 is 2.23 bits per heavy atom. The molecular weight excluding hydrogens is 162 g/mol. The van der Waals surface area contributed by atoms with Crippen molar-refractivity contribution < 1.29 is 4.79 Å². The molecule has 0 bridgehead atoms. The first-order chi connectivity index (χ1) is 5.91. The van der Waals surface area contributed by atoms with Crippen LogP contribution in [0.2, 0.25) is 0 Å². The zero-order valence-electron chi connectivity index (χ0n) is 9.18. The third-order valence-electron chi connectivity index (χ3n) is 3.14. The number of carbonyl (C=O) groups excluding carboxylic acids is 1. The highest BCUT2D eigenvalue weighted by Gasteiger charge is 2.29. The van der Waals surface area contributed by atoms with Crippen LogP contribution in [0, 0.1) is 11.3 Å². The second-order valence-electron chi connectivity index (χ2n) is 5.22. The molecule has 1 N–H and O–H groups in total. The first kappa shape index (κ1) is 10.6. The molecule has 0 unspecified atom stereocenters. The van der Waals surface area contributed by atoms with E-state index in [0.717, 1.165) is 0 Å². The molecule has 1 fully saturated rings. The van der Waals surface area contributed by atoms with Crippen molar-refractivity contribution in [3.8, 4) is 0 Å². The maximum Gasteiger partial charge on any atom is 0.223 e. The van der Waals surface area contributed by atoms with Gasteiger partial charge in [0.15, 0.2) is 0 Å². The first-order valence-electron chi connectivity index (χ1n) is 5.21. The molecule has 0 aromatic rings. The van der Waals surface area contributed by atoms with Gasteiger partial charge in [-0.25, -0.2) is 0 Å². The Kier molecular flexibility index (Phi) is 2.99. The van der Waals surface area contributed by atoms with Crippen molar-refractivity contribution in [3.63, 3.8) is 0 Å². The molecule has 1 rings (SSSR count). The Morgan fingerprint density at radius 2 is 1.92 bits per heavy atom. The Hall–Kier alpha value is -0.530. The molecule has 0 aromatic heterocycles. The van der Waals surface area contributed by atoms with Gasteiger partial charge in [0.1, 0.15) is 0 Å². The van der Waals surface area contributed by atoms with Crippen LogP contribution in [0.25, 0.3) is 0 Å². The van der Waals surface area contributed by atoms with E-state index in [2.05, 4.69) is 26.1 Å². The van der Waals surface area contributed by atoms with Crippen LogP contribution >= 0.6 is 0 Å². The Balaban J connectivity index is 2.37. The third-order valence-corrected chi connectivity index (χ3v) is 3.14. The largest absolute Gasteiger partial charge is 0.353 e. The van der Waals surface area contributed by atoms with Gasteiger partial charge in [-0.1, -0.05) is 27.7 Å². The number of rotatable bonds is 2. The predicted molar refractivity (Wildman–Crippen MR) is 54.4 cm³/mol. The average molecular weight is 183 g/mol. The topological polar surface area (TPSA) is 29.1 Å². The molecule has 1 saturated carbocycles. The minimum atomic E-state index is 0.0772. The molecule has 2 nitrogen and oxygen atoms in total. The van der Waals surface area contributed by atoms with Crippen LogP contribution in [0.4, 0.5) is 0 Å². The molecule has 1 amide bonds. The number of amides is 1. The average Bonchev–Trinajstić information content (AvgIpc) is 1.93. The Bertz CT molecular complexity index is 189. The van der Waals surface area contributed by atoms with Gasteiger partial charge in [0.25, 0.3) is 0 Å². The van der Waals surface area contributed by atoms with Gasteiger partial charge in [-0.3, -0.25) is 4.79 Å². The summed E-state index contributed by atoms with van der Waals surface area (Å²) in [4.78, 5) is 11.7. The normalized spacial score (nSPS) is 20.6. The van der Waals surface area contributed by atoms with E-state index < -0.39 is 0 Å². The van der Waals surface area contributed by atoms with Gasteiger partial charge in [0, 0.05) is 12.0 Å². The van der Waals surface area contributed by atoms with E-state index in [1.54, 1.807) is 0 Å². The van der Waals surface area contributed by atoms with Crippen molar-refractivity contribution in [2.45, 2.75) is 53.0 Å². The van der Waals surface area contributed by atoms with Gasteiger partial charge in [-0.15, -0.1) is 0 Å². The molecule has 0 aromatic carbocycles. The van der Waals surface area contributed by atoms with E-state index in [0.29, 0.717) is 6.04 Å². The molecule has 0 heterocycles. The molecule has 0 aliphatic heterocycles. The van der Waals surface area contributed by atoms with Crippen molar-refractivity contribution in [2.24, 2.45) is 11.3 Å². The van der Waals surface area contributed by atoms with Crippen molar-refractivity contribution >= 4 is 5.91 Å². The summed E-state index contributed by atoms with van der Waals surface area (Å²) in [6.45, 7) is 8.34. The van der Waals surface area contributed by atoms with E-state index in [-0.39, 0.29) is 17.2 Å². The lowest BCUT2D eigenvalue weighted by atomic mass is 9.81. The van der Waals surface area contributed by atoms with Crippen LogP contribution < -0.4 is 5.32 Å². The maximum atomic E-state index is 11.7. The molecule has 0 radical (unpaired) electrons. The zero-order valence-corrected chi connectivity index (χ0v) is 9.18. The monoisotopic (exact) mass is 183 g/mol. The summed E-state index contributed by atoms with van der Waals surface area (Å²) in [5.41, 5.74) is 0.0772. The van der Waals surface area contributed by atoms with Crippen LogP contribution in [-0.2, 0) is 4.79 Å². The molecule has 13 heavy (non-hydrogen) atoms. The van der Waals surface area contributed by atoms with Gasteiger partial charge < -0.3 is 5.32 Å². The van der Waals surface area contributed by atoms with Gasteiger partial charge in [0.2, 0.25) is 5.91 Å². The van der Waals surface area contributed by atoms with Crippen LogP contribution in [0.15, 0.2) is 0 Å². The molecule has 2 heteroatoms. The highest BCUT2D eigenvalue weighted by Crippen LogP contribution is 2.26. The first-order valence-corrected chi connectivity index (χ1v) is 5.21. The number of hydrogen-bond acceptors (Lipinski definition) is 1. The van der Waals surface area contributed by atoms with Crippen molar-refractivity contribution in [3.05, 3.63) is 0 Å². The van der Waals surface area contributed by atoms with Crippen molar-refractivity contribution in [1.29, 1.82) is 0 Å². The third kappa shape index (κ3) is 2.71. The Labute approximate surface area is 81.1 Å². The summed E-state index contributed by atoms with van der Waals surface area (Å²) in [5, 5.41) is 3.08. The maximum absolute atomic E-state index is 11.7. The lowest BCUT2D eigenvalue weighted by Crippen LogP contribution is -2.44. The van der Waals surface area contributed by atoms with Crippen LogP contribution in [0.5, 0.6) is 0 Å². The highest BCUT2D eigenvalue weighted by molar-refractivity contribution is 5.79. The van der Waals surface area contributed by atoms with E-state index in [4.69, 9.17) is 0 Å². The summed E-state index contributed by atoms with van der Waals surface area (Å²) in [5.74, 6) is 0.324. The second kappa shape index (κ2) is 3.69. The minimum Gasteiger partial charge on any atom is -0.353 e. The molecule has 76 valence electrons. The van der Waals surface area contributed by atoms with Gasteiger partial charge in [-0.05, 0) is 24.7 Å². The second-order valence-corrected chi connectivity index (χ2v) is 5.22.